The van der Waals surface area contributed by atoms with Crippen LogP contribution in [-0.2, 0) is 12.8 Å². The molecule has 0 atom stereocenters. The zero-order valence-electron chi connectivity index (χ0n) is 16.3. The van der Waals surface area contributed by atoms with Crippen LogP contribution in [0.25, 0.3) is 21.9 Å². The molecule has 4 rings (SSSR count). The topological polar surface area (TPSA) is 57.5 Å². The van der Waals surface area contributed by atoms with Crippen molar-refractivity contribution in [2.75, 3.05) is 0 Å². The zero-order valence-corrected chi connectivity index (χ0v) is 16.3. The van der Waals surface area contributed by atoms with Crippen LogP contribution >= 0.6 is 0 Å². The van der Waals surface area contributed by atoms with Crippen LogP contribution in [0.4, 0.5) is 4.39 Å². The molecule has 4 aromatic carbocycles. The Bertz CT molecular complexity index is 1210. The first-order valence-corrected chi connectivity index (χ1v) is 9.84. The zero-order chi connectivity index (χ0) is 21.1. The number of halogens is 1. The molecule has 4 aromatic rings. The van der Waals surface area contributed by atoms with E-state index in [-0.39, 0.29) is 17.1 Å². The van der Waals surface area contributed by atoms with Crippen LogP contribution in [0.2, 0.25) is 0 Å². The third-order valence-electron chi connectivity index (χ3n) is 5.36. The molecule has 0 saturated heterocycles. The van der Waals surface area contributed by atoms with Crippen molar-refractivity contribution in [2.45, 2.75) is 19.3 Å². The fraction of sp³-hybridized carbons (Fsp3) is 0.115. The molecular weight excluding hydrogens is 379 g/mol. The summed E-state index contributed by atoms with van der Waals surface area (Å²) in [6, 6.07) is 22.8. The number of aromatic carboxylic acids is 1. The Hall–Kier alpha value is -3.66. The van der Waals surface area contributed by atoms with E-state index < -0.39 is 5.97 Å². The quantitative estimate of drug-likeness (QED) is 0.404. The van der Waals surface area contributed by atoms with Gasteiger partial charge in [-0.25, -0.2) is 9.18 Å². The van der Waals surface area contributed by atoms with Gasteiger partial charge in [-0.3, -0.25) is 0 Å². The summed E-state index contributed by atoms with van der Waals surface area (Å²) < 4.78 is 13.2. The van der Waals surface area contributed by atoms with Gasteiger partial charge >= 0.3 is 5.97 Å². The number of carboxylic acids is 1. The van der Waals surface area contributed by atoms with Crippen LogP contribution in [0.3, 0.4) is 0 Å². The maximum Gasteiger partial charge on any atom is 0.335 e. The molecule has 3 nitrogen and oxygen atoms in total. The van der Waals surface area contributed by atoms with Gasteiger partial charge in [-0.05, 0) is 82.6 Å². The largest absolute Gasteiger partial charge is 0.508 e. The second-order valence-electron chi connectivity index (χ2n) is 7.36. The third-order valence-corrected chi connectivity index (χ3v) is 5.36. The number of carboxylic acid groups (broad SMARTS) is 1. The van der Waals surface area contributed by atoms with Crippen molar-refractivity contribution >= 4 is 16.7 Å². The molecule has 0 heterocycles. The van der Waals surface area contributed by atoms with Gasteiger partial charge in [0.1, 0.15) is 11.6 Å². The first kappa shape index (κ1) is 19.6. The van der Waals surface area contributed by atoms with E-state index in [1.165, 1.54) is 12.1 Å². The standard InChI is InChI=1S/C26H21FO3/c27-22-11-7-17(8-12-22)20-10-14-24(26(29)30)21(15-20)6-2-4-18-3-1-5-19-9-13-23(28)16-25(18)19/h1,3,5,7-16,28H,2,4,6H2,(H,29,30). The SMILES string of the molecule is O=C(O)c1ccc(-c2ccc(F)cc2)cc1CCCc1cccc2ccc(O)cc12. The predicted molar refractivity (Wildman–Crippen MR) is 116 cm³/mol. The Labute approximate surface area is 174 Å². The Morgan fingerprint density at radius 3 is 2.30 bits per heavy atom. The van der Waals surface area contributed by atoms with Crippen LogP contribution in [0.5, 0.6) is 5.75 Å². The van der Waals surface area contributed by atoms with Crippen molar-refractivity contribution in [3.63, 3.8) is 0 Å². The van der Waals surface area contributed by atoms with Crippen LogP contribution in [-0.4, -0.2) is 16.2 Å². The molecule has 4 heteroatoms. The Balaban J connectivity index is 1.58. The summed E-state index contributed by atoms with van der Waals surface area (Å²) >= 11 is 0. The van der Waals surface area contributed by atoms with Crippen molar-refractivity contribution < 1.29 is 19.4 Å². The number of carbonyl (C=O) groups is 1. The minimum Gasteiger partial charge on any atom is -0.508 e. The molecule has 0 saturated carbocycles. The number of phenolic OH excluding ortho intramolecular Hbond substituents is 1. The average Bonchev–Trinajstić information content (AvgIpc) is 2.74. The Morgan fingerprint density at radius 2 is 1.53 bits per heavy atom. The lowest BCUT2D eigenvalue weighted by Gasteiger charge is -2.11. The summed E-state index contributed by atoms with van der Waals surface area (Å²) in [6.45, 7) is 0. The highest BCUT2D eigenvalue weighted by atomic mass is 19.1. The molecule has 2 N–H and O–H groups in total. The number of aromatic hydroxyl groups is 1. The van der Waals surface area contributed by atoms with Gasteiger partial charge in [0.15, 0.2) is 0 Å². The highest BCUT2D eigenvalue weighted by molar-refractivity contribution is 5.90. The smallest absolute Gasteiger partial charge is 0.335 e. The van der Waals surface area contributed by atoms with Gasteiger partial charge in [-0.2, -0.15) is 0 Å². The number of benzene rings is 4. The van der Waals surface area contributed by atoms with Gasteiger partial charge in [-0.15, -0.1) is 0 Å². The fourth-order valence-corrected chi connectivity index (χ4v) is 3.84. The Kier molecular flexibility index (Phi) is 5.48. The van der Waals surface area contributed by atoms with Crippen molar-refractivity contribution in [3.05, 3.63) is 101 Å². The van der Waals surface area contributed by atoms with Crippen molar-refractivity contribution in [3.8, 4) is 16.9 Å². The van der Waals surface area contributed by atoms with Crippen molar-refractivity contribution in [1.29, 1.82) is 0 Å². The highest BCUT2D eigenvalue weighted by Gasteiger charge is 2.12. The van der Waals surface area contributed by atoms with Crippen molar-refractivity contribution in [2.24, 2.45) is 0 Å². The Morgan fingerprint density at radius 1 is 0.800 bits per heavy atom. The molecule has 0 aliphatic carbocycles. The molecule has 30 heavy (non-hydrogen) atoms. The highest BCUT2D eigenvalue weighted by Crippen LogP contribution is 2.27. The predicted octanol–water partition coefficient (Wildman–Crippen LogP) is 6.23. The van der Waals surface area contributed by atoms with E-state index >= 15 is 0 Å². The summed E-state index contributed by atoms with van der Waals surface area (Å²) in [5, 5.41) is 21.5. The minimum absolute atomic E-state index is 0.232. The molecule has 0 unspecified atom stereocenters. The molecule has 0 spiro atoms. The maximum atomic E-state index is 13.2. The van der Waals surface area contributed by atoms with E-state index in [0.29, 0.717) is 6.42 Å². The van der Waals surface area contributed by atoms with Crippen LogP contribution < -0.4 is 0 Å². The second-order valence-corrected chi connectivity index (χ2v) is 7.36. The summed E-state index contributed by atoms with van der Waals surface area (Å²) in [5.41, 5.74) is 3.88. The molecular formula is C26H21FO3. The molecule has 0 bridgehead atoms. The van der Waals surface area contributed by atoms with Gasteiger partial charge < -0.3 is 10.2 Å². The van der Waals surface area contributed by atoms with E-state index in [1.54, 1.807) is 36.4 Å². The summed E-state index contributed by atoms with van der Waals surface area (Å²) in [4.78, 5) is 11.7. The monoisotopic (exact) mass is 400 g/mol. The number of hydrogen-bond donors (Lipinski definition) is 2. The number of aryl methyl sites for hydroxylation is 2. The van der Waals surface area contributed by atoms with E-state index in [9.17, 15) is 19.4 Å². The average molecular weight is 400 g/mol. The van der Waals surface area contributed by atoms with Crippen LogP contribution in [0.1, 0.15) is 27.9 Å². The number of rotatable bonds is 6. The van der Waals surface area contributed by atoms with Crippen LogP contribution in [0, 0.1) is 5.82 Å². The van der Waals surface area contributed by atoms with E-state index in [0.717, 1.165) is 45.9 Å². The van der Waals surface area contributed by atoms with E-state index in [2.05, 4.69) is 0 Å². The van der Waals surface area contributed by atoms with E-state index in [4.69, 9.17) is 0 Å². The van der Waals surface area contributed by atoms with Crippen LogP contribution in [0.15, 0.2) is 78.9 Å². The van der Waals surface area contributed by atoms with Gasteiger partial charge in [-0.1, -0.05) is 48.5 Å². The van der Waals surface area contributed by atoms with Gasteiger partial charge in [0.2, 0.25) is 0 Å². The molecule has 0 amide bonds. The first-order chi connectivity index (χ1) is 14.5. The molecule has 0 aliphatic rings. The number of phenols is 1. The van der Waals surface area contributed by atoms with Gasteiger partial charge in [0.25, 0.3) is 0 Å². The molecule has 0 aliphatic heterocycles. The normalized spacial score (nSPS) is 11.0. The molecule has 150 valence electrons. The van der Waals surface area contributed by atoms with Crippen molar-refractivity contribution in [1.82, 2.24) is 0 Å². The lowest BCUT2D eigenvalue weighted by atomic mass is 9.94. The lowest BCUT2D eigenvalue weighted by Crippen LogP contribution is -2.03. The number of hydrogen-bond acceptors (Lipinski definition) is 2. The third kappa shape index (κ3) is 4.18. The summed E-state index contributed by atoms with van der Waals surface area (Å²) in [6.07, 6.45) is 2.13. The van der Waals surface area contributed by atoms with E-state index in [1.807, 2.05) is 30.3 Å². The second kappa shape index (κ2) is 8.37. The molecule has 0 fully saturated rings. The fourth-order valence-electron chi connectivity index (χ4n) is 3.84. The first-order valence-electron chi connectivity index (χ1n) is 9.84. The van der Waals surface area contributed by atoms with Gasteiger partial charge in [0, 0.05) is 0 Å². The molecule has 0 aromatic heterocycles. The lowest BCUT2D eigenvalue weighted by molar-refractivity contribution is 0.0695. The maximum absolute atomic E-state index is 13.2. The number of fused-ring (bicyclic) bond motifs is 1. The molecule has 0 radical (unpaired) electrons. The van der Waals surface area contributed by atoms with Gasteiger partial charge in [0.05, 0.1) is 5.56 Å². The summed E-state index contributed by atoms with van der Waals surface area (Å²) in [5.74, 6) is -1.02. The minimum atomic E-state index is -0.953. The summed E-state index contributed by atoms with van der Waals surface area (Å²) in [7, 11) is 0.